The Hall–Kier alpha value is -0.170. The van der Waals surface area contributed by atoms with Gasteiger partial charge >= 0.3 is 0 Å². The van der Waals surface area contributed by atoms with E-state index < -0.39 is 10.0 Å². The fourth-order valence-electron chi connectivity index (χ4n) is 1.65. The fourth-order valence-corrected chi connectivity index (χ4v) is 2.48. The summed E-state index contributed by atoms with van der Waals surface area (Å²) < 4.78 is 23.9. The van der Waals surface area contributed by atoms with Gasteiger partial charge in [-0.3, -0.25) is 4.90 Å². The number of rotatable bonds is 3. The van der Waals surface area contributed by atoms with Gasteiger partial charge in [0.15, 0.2) is 0 Å². The molecule has 1 heterocycles. The van der Waals surface area contributed by atoms with Crippen LogP contribution in [0.2, 0.25) is 0 Å². The maximum absolute atomic E-state index is 11.2. The number of sulfonamides is 1. The van der Waals surface area contributed by atoms with Gasteiger partial charge in [-0.05, 0) is 6.92 Å². The number of hydrogen-bond acceptors (Lipinski definition) is 4. The second-order valence-corrected chi connectivity index (χ2v) is 5.92. The van der Waals surface area contributed by atoms with Crippen LogP contribution in [0.1, 0.15) is 6.92 Å². The van der Waals surface area contributed by atoms with E-state index in [1.165, 1.54) is 10.6 Å². The number of piperazine rings is 1. The van der Waals surface area contributed by atoms with Crippen LogP contribution in [-0.2, 0) is 10.0 Å². The average molecular weight is 221 g/mol. The summed E-state index contributed by atoms with van der Waals surface area (Å²) in [7, 11) is -3.00. The summed E-state index contributed by atoms with van der Waals surface area (Å²) in [6.07, 6.45) is 1.26. The fraction of sp³-hybridized carbons (Fsp3) is 1.00. The summed E-state index contributed by atoms with van der Waals surface area (Å²) in [6.45, 7) is 5.56. The molecule has 0 aromatic heterocycles. The van der Waals surface area contributed by atoms with Crippen LogP contribution in [0.15, 0.2) is 0 Å². The van der Waals surface area contributed by atoms with E-state index in [1.54, 1.807) is 0 Å². The van der Waals surface area contributed by atoms with Gasteiger partial charge in [0, 0.05) is 38.8 Å². The molecule has 84 valence electrons. The Bertz CT molecular complexity index is 268. The minimum atomic E-state index is -3.00. The standard InChI is InChI=1S/C8H19N3O2S/c1-8(9)7-10-3-5-11(6-4-10)14(2,12)13/h8H,3-7,9H2,1-2H3. The van der Waals surface area contributed by atoms with Crippen LogP contribution < -0.4 is 5.73 Å². The lowest BCUT2D eigenvalue weighted by molar-refractivity contribution is 0.182. The zero-order valence-electron chi connectivity index (χ0n) is 8.81. The Kier molecular flexibility index (Phi) is 3.88. The lowest BCUT2D eigenvalue weighted by atomic mass is 10.3. The third-order valence-electron chi connectivity index (χ3n) is 2.35. The molecule has 0 bridgehead atoms. The molecule has 14 heavy (non-hydrogen) atoms. The highest BCUT2D eigenvalue weighted by Gasteiger charge is 2.23. The first-order chi connectivity index (χ1) is 6.39. The Morgan fingerprint density at radius 2 is 1.79 bits per heavy atom. The molecule has 1 atom stereocenters. The Balaban J connectivity index is 2.39. The van der Waals surface area contributed by atoms with Gasteiger partial charge in [-0.1, -0.05) is 0 Å². The molecule has 0 radical (unpaired) electrons. The maximum atomic E-state index is 11.2. The molecule has 6 heteroatoms. The summed E-state index contributed by atoms with van der Waals surface area (Å²) in [5.74, 6) is 0. The van der Waals surface area contributed by atoms with Gasteiger partial charge < -0.3 is 5.73 Å². The molecule has 1 fully saturated rings. The lowest BCUT2D eigenvalue weighted by Gasteiger charge is -2.33. The smallest absolute Gasteiger partial charge is 0.211 e. The van der Waals surface area contributed by atoms with E-state index in [4.69, 9.17) is 5.73 Å². The molecule has 0 aromatic carbocycles. The summed E-state index contributed by atoms with van der Waals surface area (Å²) in [6, 6.07) is 0.153. The normalized spacial score (nSPS) is 23.6. The second-order valence-electron chi connectivity index (χ2n) is 3.94. The van der Waals surface area contributed by atoms with Crippen LogP contribution in [0.3, 0.4) is 0 Å². The quantitative estimate of drug-likeness (QED) is 0.658. The first kappa shape index (κ1) is 11.9. The van der Waals surface area contributed by atoms with Crippen LogP contribution in [0.5, 0.6) is 0 Å². The van der Waals surface area contributed by atoms with Crippen molar-refractivity contribution >= 4 is 10.0 Å². The van der Waals surface area contributed by atoms with Crippen molar-refractivity contribution < 1.29 is 8.42 Å². The van der Waals surface area contributed by atoms with E-state index in [9.17, 15) is 8.42 Å². The largest absolute Gasteiger partial charge is 0.327 e. The van der Waals surface area contributed by atoms with Crippen molar-refractivity contribution in [2.24, 2.45) is 5.73 Å². The Morgan fingerprint density at radius 1 is 1.29 bits per heavy atom. The van der Waals surface area contributed by atoms with Gasteiger partial charge in [-0.2, -0.15) is 4.31 Å². The van der Waals surface area contributed by atoms with Crippen LogP contribution in [0.4, 0.5) is 0 Å². The third kappa shape index (κ3) is 3.53. The molecule has 1 aliphatic heterocycles. The molecule has 1 saturated heterocycles. The maximum Gasteiger partial charge on any atom is 0.211 e. The molecule has 2 N–H and O–H groups in total. The molecular formula is C8H19N3O2S. The zero-order valence-corrected chi connectivity index (χ0v) is 9.63. The first-order valence-corrected chi connectivity index (χ1v) is 6.67. The molecule has 5 nitrogen and oxygen atoms in total. The summed E-state index contributed by atoms with van der Waals surface area (Å²) in [5.41, 5.74) is 5.67. The monoisotopic (exact) mass is 221 g/mol. The average Bonchev–Trinajstić information content (AvgIpc) is 2.02. The summed E-state index contributed by atoms with van der Waals surface area (Å²) >= 11 is 0. The van der Waals surface area contributed by atoms with Crippen molar-refractivity contribution in [1.82, 2.24) is 9.21 Å². The summed E-state index contributed by atoms with van der Waals surface area (Å²) in [4.78, 5) is 2.20. The molecule has 1 unspecified atom stereocenters. The highest BCUT2D eigenvalue weighted by Crippen LogP contribution is 2.05. The van der Waals surface area contributed by atoms with Crippen LogP contribution >= 0.6 is 0 Å². The molecule has 0 spiro atoms. The van der Waals surface area contributed by atoms with Gasteiger partial charge in [-0.15, -0.1) is 0 Å². The number of nitrogens with two attached hydrogens (primary N) is 1. The second kappa shape index (κ2) is 4.57. The predicted octanol–water partition coefficient (Wildman–Crippen LogP) is -1.09. The van der Waals surface area contributed by atoms with Gasteiger partial charge in [0.05, 0.1) is 6.26 Å². The van der Waals surface area contributed by atoms with E-state index in [2.05, 4.69) is 4.90 Å². The van der Waals surface area contributed by atoms with Gasteiger partial charge in [0.1, 0.15) is 0 Å². The minimum Gasteiger partial charge on any atom is -0.327 e. The van der Waals surface area contributed by atoms with Gasteiger partial charge in [0.2, 0.25) is 10.0 Å². The molecule has 1 rings (SSSR count). The van der Waals surface area contributed by atoms with E-state index in [1.807, 2.05) is 6.92 Å². The van der Waals surface area contributed by atoms with Crippen molar-refractivity contribution in [3.8, 4) is 0 Å². The van der Waals surface area contributed by atoms with Crippen molar-refractivity contribution in [2.45, 2.75) is 13.0 Å². The molecule has 0 aliphatic carbocycles. The molecule has 0 aromatic rings. The topological polar surface area (TPSA) is 66.6 Å². The first-order valence-electron chi connectivity index (χ1n) is 4.82. The zero-order chi connectivity index (χ0) is 10.8. The van der Waals surface area contributed by atoms with Crippen LogP contribution in [0.25, 0.3) is 0 Å². The van der Waals surface area contributed by atoms with Crippen molar-refractivity contribution in [3.63, 3.8) is 0 Å². The molecular weight excluding hydrogens is 202 g/mol. The predicted molar refractivity (Wildman–Crippen MR) is 56.5 cm³/mol. The van der Waals surface area contributed by atoms with Crippen molar-refractivity contribution in [2.75, 3.05) is 39.0 Å². The summed E-state index contributed by atoms with van der Waals surface area (Å²) in [5, 5.41) is 0. The minimum absolute atomic E-state index is 0.153. The van der Waals surface area contributed by atoms with Crippen LogP contribution in [-0.4, -0.2) is 62.6 Å². The van der Waals surface area contributed by atoms with Crippen molar-refractivity contribution in [1.29, 1.82) is 0 Å². The Morgan fingerprint density at radius 3 is 2.14 bits per heavy atom. The van der Waals surface area contributed by atoms with Crippen molar-refractivity contribution in [3.05, 3.63) is 0 Å². The third-order valence-corrected chi connectivity index (χ3v) is 3.65. The number of nitrogens with zero attached hydrogens (tertiary/aromatic N) is 2. The van der Waals surface area contributed by atoms with Gasteiger partial charge in [-0.25, -0.2) is 8.42 Å². The highest BCUT2D eigenvalue weighted by atomic mass is 32.2. The molecule has 0 saturated carbocycles. The molecule has 0 amide bonds. The van der Waals surface area contributed by atoms with E-state index in [0.29, 0.717) is 13.1 Å². The van der Waals surface area contributed by atoms with E-state index in [-0.39, 0.29) is 6.04 Å². The van der Waals surface area contributed by atoms with Gasteiger partial charge in [0.25, 0.3) is 0 Å². The lowest BCUT2D eigenvalue weighted by Crippen LogP contribution is -2.50. The molecule has 1 aliphatic rings. The van der Waals surface area contributed by atoms with E-state index >= 15 is 0 Å². The van der Waals surface area contributed by atoms with E-state index in [0.717, 1.165) is 19.6 Å². The number of hydrogen-bond donors (Lipinski definition) is 1. The SMILES string of the molecule is CC(N)CN1CCN(S(C)(=O)=O)CC1. The van der Waals surface area contributed by atoms with Crippen LogP contribution in [0, 0.1) is 0 Å². The highest BCUT2D eigenvalue weighted by molar-refractivity contribution is 7.88. The Labute approximate surface area is 85.9 Å².